The van der Waals surface area contributed by atoms with Crippen molar-refractivity contribution in [2.75, 3.05) is 11.4 Å². The Kier molecular flexibility index (Phi) is 3.66. The number of nitrogens with zero attached hydrogens (tertiary/aromatic N) is 2. The number of benzene rings is 1. The van der Waals surface area contributed by atoms with Gasteiger partial charge in [-0.1, -0.05) is 13.8 Å². The van der Waals surface area contributed by atoms with E-state index in [1.807, 2.05) is 32.0 Å². The van der Waals surface area contributed by atoms with Crippen molar-refractivity contribution < 1.29 is 9.59 Å². The van der Waals surface area contributed by atoms with Gasteiger partial charge >= 0.3 is 0 Å². The van der Waals surface area contributed by atoms with Crippen LogP contribution in [0.3, 0.4) is 0 Å². The van der Waals surface area contributed by atoms with E-state index in [2.05, 4.69) is 0 Å². The van der Waals surface area contributed by atoms with Crippen molar-refractivity contribution in [1.82, 2.24) is 0 Å². The Hall–Kier alpha value is -2.15. The number of rotatable bonds is 4. The lowest BCUT2D eigenvalue weighted by molar-refractivity contribution is -0.117. The first-order valence-corrected chi connectivity index (χ1v) is 6.39. The first-order chi connectivity index (χ1) is 9.04. The van der Waals surface area contributed by atoms with E-state index >= 15 is 0 Å². The average Bonchev–Trinajstić information content (AvgIpc) is 2.70. The summed E-state index contributed by atoms with van der Waals surface area (Å²) in [5.41, 5.74) is 2.37. The van der Waals surface area contributed by atoms with Crippen molar-refractivity contribution in [3.8, 4) is 6.07 Å². The molecule has 0 atom stereocenters. The van der Waals surface area contributed by atoms with Gasteiger partial charge in [0.25, 0.3) is 0 Å². The number of ketones is 1. The van der Waals surface area contributed by atoms with Crippen LogP contribution in [-0.4, -0.2) is 18.2 Å². The van der Waals surface area contributed by atoms with Crippen molar-refractivity contribution in [1.29, 1.82) is 5.26 Å². The Labute approximate surface area is 112 Å². The third-order valence-electron chi connectivity index (χ3n) is 3.27. The topological polar surface area (TPSA) is 61.2 Å². The third kappa shape index (κ3) is 2.50. The van der Waals surface area contributed by atoms with Gasteiger partial charge in [0.05, 0.1) is 18.9 Å². The van der Waals surface area contributed by atoms with Crippen molar-refractivity contribution in [3.05, 3.63) is 29.3 Å². The third-order valence-corrected chi connectivity index (χ3v) is 3.27. The zero-order valence-corrected chi connectivity index (χ0v) is 11.1. The molecule has 19 heavy (non-hydrogen) atoms. The summed E-state index contributed by atoms with van der Waals surface area (Å²) in [6.07, 6.45) is 0.637. The minimum atomic E-state index is -0.0511. The largest absolute Gasteiger partial charge is 0.311 e. The van der Waals surface area contributed by atoms with Gasteiger partial charge in [-0.25, -0.2) is 0 Å². The zero-order valence-electron chi connectivity index (χ0n) is 11.1. The highest BCUT2D eigenvalue weighted by Gasteiger charge is 2.27. The molecule has 98 valence electrons. The van der Waals surface area contributed by atoms with Gasteiger partial charge in [-0.05, 0) is 23.8 Å². The molecule has 0 radical (unpaired) electrons. The Morgan fingerprint density at radius 2 is 2.21 bits per heavy atom. The molecule has 1 amide bonds. The van der Waals surface area contributed by atoms with E-state index in [-0.39, 0.29) is 17.6 Å². The normalized spacial score (nSPS) is 13.6. The fourth-order valence-corrected chi connectivity index (χ4v) is 2.28. The monoisotopic (exact) mass is 256 g/mol. The van der Waals surface area contributed by atoms with Gasteiger partial charge in [0.1, 0.15) is 0 Å². The molecule has 4 heteroatoms. The number of carbonyl (C=O) groups is 2. The number of amides is 1. The van der Waals surface area contributed by atoms with Crippen LogP contribution in [0.25, 0.3) is 0 Å². The van der Waals surface area contributed by atoms with Gasteiger partial charge in [0.15, 0.2) is 5.78 Å². The Morgan fingerprint density at radius 1 is 1.47 bits per heavy atom. The minimum absolute atomic E-state index is 0.000559. The molecule has 1 aromatic rings. The van der Waals surface area contributed by atoms with Crippen LogP contribution in [0.2, 0.25) is 0 Å². The first-order valence-electron chi connectivity index (χ1n) is 6.39. The van der Waals surface area contributed by atoms with E-state index in [1.54, 1.807) is 11.0 Å². The summed E-state index contributed by atoms with van der Waals surface area (Å²) in [6, 6.07) is 7.43. The summed E-state index contributed by atoms with van der Waals surface area (Å²) < 4.78 is 0. The fraction of sp³-hybridized carbons (Fsp3) is 0.400. The van der Waals surface area contributed by atoms with Crippen LogP contribution >= 0.6 is 0 Å². The van der Waals surface area contributed by atoms with Gasteiger partial charge in [0, 0.05) is 23.7 Å². The Morgan fingerprint density at radius 3 is 2.84 bits per heavy atom. The predicted molar refractivity (Wildman–Crippen MR) is 71.9 cm³/mol. The number of fused-ring (bicyclic) bond motifs is 1. The van der Waals surface area contributed by atoms with Crippen LogP contribution in [0.5, 0.6) is 0 Å². The van der Waals surface area contributed by atoms with E-state index in [0.29, 0.717) is 24.9 Å². The molecule has 0 spiro atoms. The highest BCUT2D eigenvalue weighted by molar-refractivity contribution is 6.04. The highest BCUT2D eigenvalue weighted by Crippen LogP contribution is 2.30. The van der Waals surface area contributed by atoms with Crippen molar-refractivity contribution in [2.24, 2.45) is 5.92 Å². The predicted octanol–water partition coefficient (Wildman–Crippen LogP) is 2.33. The Bertz CT molecular complexity index is 570. The summed E-state index contributed by atoms with van der Waals surface area (Å²) in [5.74, 6) is 0.0370. The maximum Gasteiger partial charge on any atom is 0.231 e. The molecule has 1 aliphatic heterocycles. The summed E-state index contributed by atoms with van der Waals surface area (Å²) in [6.45, 7) is 4.14. The summed E-state index contributed by atoms with van der Waals surface area (Å²) in [7, 11) is 0. The van der Waals surface area contributed by atoms with Gasteiger partial charge in [-0.3, -0.25) is 9.59 Å². The maximum atomic E-state index is 11.9. The van der Waals surface area contributed by atoms with Crippen molar-refractivity contribution >= 4 is 17.4 Å². The molecular formula is C15H16N2O2. The highest BCUT2D eigenvalue weighted by atomic mass is 16.2. The lowest BCUT2D eigenvalue weighted by Gasteiger charge is -2.15. The van der Waals surface area contributed by atoms with E-state index in [4.69, 9.17) is 5.26 Å². The summed E-state index contributed by atoms with van der Waals surface area (Å²) >= 11 is 0. The molecule has 0 N–H and O–H groups in total. The summed E-state index contributed by atoms with van der Waals surface area (Å²) in [4.78, 5) is 25.4. The quantitative estimate of drug-likeness (QED) is 0.777. The maximum absolute atomic E-state index is 11.9. The molecule has 1 aromatic carbocycles. The lowest BCUT2D eigenvalue weighted by Crippen LogP contribution is -2.27. The molecule has 0 aromatic heterocycles. The minimum Gasteiger partial charge on any atom is -0.311 e. The number of nitriles is 1. The van der Waals surface area contributed by atoms with Crippen molar-refractivity contribution in [3.63, 3.8) is 0 Å². The first kappa shape index (κ1) is 13.3. The zero-order chi connectivity index (χ0) is 14.0. The van der Waals surface area contributed by atoms with Crippen LogP contribution in [0.15, 0.2) is 18.2 Å². The molecule has 0 bridgehead atoms. The number of hydrogen-bond donors (Lipinski definition) is 0. The standard InChI is InChI=1S/C15H16N2O2/c1-10(2)15(19)11-4-5-13-12(8-11)9-14(18)17(13)7-3-6-16/h4-5,8,10H,3,7,9H2,1-2H3. The number of hydrogen-bond acceptors (Lipinski definition) is 3. The molecule has 0 unspecified atom stereocenters. The average molecular weight is 256 g/mol. The molecule has 0 saturated carbocycles. The second-order valence-electron chi connectivity index (χ2n) is 4.99. The lowest BCUT2D eigenvalue weighted by atomic mass is 9.98. The van der Waals surface area contributed by atoms with E-state index in [1.165, 1.54) is 0 Å². The van der Waals surface area contributed by atoms with Crippen LogP contribution in [0.1, 0.15) is 36.2 Å². The van der Waals surface area contributed by atoms with Gasteiger partial charge in [-0.2, -0.15) is 5.26 Å². The van der Waals surface area contributed by atoms with Crippen LogP contribution < -0.4 is 4.90 Å². The second-order valence-corrected chi connectivity index (χ2v) is 4.99. The smallest absolute Gasteiger partial charge is 0.231 e. The molecule has 2 rings (SSSR count). The molecule has 0 saturated heterocycles. The molecule has 0 aliphatic carbocycles. The Balaban J connectivity index is 2.29. The molecule has 4 nitrogen and oxygen atoms in total. The van der Waals surface area contributed by atoms with Crippen LogP contribution in [0.4, 0.5) is 5.69 Å². The van der Waals surface area contributed by atoms with E-state index < -0.39 is 0 Å². The van der Waals surface area contributed by atoms with Gasteiger partial charge in [-0.15, -0.1) is 0 Å². The van der Waals surface area contributed by atoms with Gasteiger partial charge < -0.3 is 4.90 Å². The van der Waals surface area contributed by atoms with Crippen molar-refractivity contribution in [2.45, 2.75) is 26.7 Å². The van der Waals surface area contributed by atoms with E-state index in [0.717, 1.165) is 11.3 Å². The molecular weight excluding hydrogens is 240 g/mol. The second kappa shape index (κ2) is 5.23. The molecule has 1 aliphatic rings. The van der Waals surface area contributed by atoms with Crippen LogP contribution in [-0.2, 0) is 11.2 Å². The number of Topliss-reactive ketones (excluding diaryl/α,β-unsaturated/α-hetero) is 1. The molecule has 0 fully saturated rings. The van der Waals surface area contributed by atoms with Crippen LogP contribution in [0, 0.1) is 17.2 Å². The SMILES string of the molecule is CC(C)C(=O)c1ccc2c(c1)CC(=O)N2CCC#N. The summed E-state index contributed by atoms with van der Waals surface area (Å²) in [5, 5.41) is 8.61. The fourth-order valence-electron chi connectivity index (χ4n) is 2.28. The van der Waals surface area contributed by atoms with Gasteiger partial charge in [0.2, 0.25) is 5.91 Å². The van der Waals surface area contributed by atoms with E-state index in [9.17, 15) is 9.59 Å². The number of anilines is 1. The number of carbonyl (C=O) groups excluding carboxylic acids is 2. The molecule has 1 heterocycles.